The molecule has 2 aromatic heterocycles. The highest BCUT2D eigenvalue weighted by atomic mass is 35.5. The zero-order valence-corrected chi connectivity index (χ0v) is 12.2. The van der Waals surface area contributed by atoms with Gasteiger partial charge in [0.25, 0.3) is 5.91 Å². The van der Waals surface area contributed by atoms with Gasteiger partial charge in [-0.2, -0.15) is 0 Å². The molecule has 7 heteroatoms. The summed E-state index contributed by atoms with van der Waals surface area (Å²) in [5, 5.41) is 6.19. The lowest BCUT2D eigenvalue weighted by molar-refractivity contribution is 0.101. The van der Waals surface area contributed by atoms with E-state index in [9.17, 15) is 4.79 Å². The van der Waals surface area contributed by atoms with Crippen LogP contribution in [0.25, 0.3) is 0 Å². The summed E-state index contributed by atoms with van der Waals surface area (Å²) in [5.74, 6) is 0.214. The Bertz CT molecular complexity index is 636. The number of carbonyl (C=O) groups excluding carboxylic acids is 1. The van der Waals surface area contributed by atoms with Gasteiger partial charge in [0.2, 0.25) is 5.28 Å². The lowest BCUT2D eigenvalue weighted by Crippen LogP contribution is -2.31. The quantitative estimate of drug-likeness (QED) is 0.852. The number of hydrogen-bond donors (Lipinski definition) is 2. The fraction of sp³-hybridized carbons (Fsp3) is 0.357. The van der Waals surface area contributed by atoms with Crippen LogP contribution in [0.2, 0.25) is 5.28 Å². The Morgan fingerprint density at radius 3 is 2.95 bits per heavy atom. The zero-order valence-electron chi connectivity index (χ0n) is 11.4. The predicted octanol–water partition coefficient (Wildman–Crippen LogP) is 2.11. The number of anilines is 1. The number of nitrogens with one attached hydrogen (secondary N) is 2. The molecule has 21 heavy (non-hydrogen) atoms. The number of nitrogens with zero attached hydrogens (tertiary/aromatic N) is 3. The average Bonchev–Trinajstić information content (AvgIpc) is 2.98. The molecule has 0 atom stereocenters. The van der Waals surface area contributed by atoms with Crippen LogP contribution in [-0.2, 0) is 0 Å². The molecule has 1 amide bonds. The van der Waals surface area contributed by atoms with Crippen molar-refractivity contribution in [3.63, 3.8) is 0 Å². The summed E-state index contributed by atoms with van der Waals surface area (Å²) in [6.45, 7) is 1.96. The van der Waals surface area contributed by atoms with Crippen LogP contribution in [0.4, 0.5) is 5.82 Å². The maximum atomic E-state index is 12.4. The second-order valence-electron chi connectivity index (χ2n) is 4.95. The van der Waals surface area contributed by atoms with Gasteiger partial charge in [-0.3, -0.25) is 4.79 Å². The van der Waals surface area contributed by atoms with Gasteiger partial charge in [-0.15, -0.1) is 0 Å². The largest absolute Gasteiger partial charge is 0.340 e. The van der Waals surface area contributed by atoms with Gasteiger partial charge in [0, 0.05) is 18.4 Å². The van der Waals surface area contributed by atoms with Crippen molar-refractivity contribution in [3.05, 3.63) is 41.6 Å². The Hall–Kier alpha value is -1.92. The molecule has 1 aliphatic rings. The topological polar surface area (TPSA) is 71.8 Å². The van der Waals surface area contributed by atoms with Gasteiger partial charge in [0.05, 0.1) is 0 Å². The third kappa shape index (κ3) is 3.22. The summed E-state index contributed by atoms with van der Waals surface area (Å²) >= 11 is 5.72. The maximum absolute atomic E-state index is 12.4. The van der Waals surface area contributed by atoms with Crippen molar-refractivity contribution in [2.75, 3.05) is 18.4 Å². The highest BCUT2D eigenvalue weighted by molar-refractivity contribution is 6.28. The Morgan fingerprint density at radius 2 is 2.19 bits per heavy atom. The molecule has 1 aliphatic heterocycles. The molecule has 0 radical (unpaired) electrons. The van der Waals surface area contributed by atoms with E-state index in [1.807, 2.05) is 22.9 Å². The van der Waals surface area contributed by atoms with Gasteiger partial charge in [-0.25, -0.2) is 9.97 Å². The van der Waals surface area contributed by atoms with E-state index >= 15 is 0 Å². The third-order valence-electron chi connectivity index (χ3n) is 3.58. The van der Waals surface area contributed by atoms with Crippen molar-refractivity contribution in [2.45, 2.75) is 18.9 Å². The van der Waals surface area contributed by atoms with Crippen molar-refractivity contribution in [2.24, 2.45) is 0 Å². The number of rotatable bonds is 3. The Labute approximate surface area is 127 Å². The summed E-state index contributed by atoms with van der Waals surface area (Å²) in [4.78, 5) is 20.2. The molecule has 3 heterocycles. The van der Waals surface area contributed by atoms with Crippen LogP contribution < -0.4 is 10.6 Å². The SMILES string of the molecule is O=C(Nc1ccnc(Cl)n1)c1cccn1C1CCNCC1. The molecule has 0 unspecified atom stereocenters. The van der Waals surface area contributed by atoms with Crippen LogP contribution in [0.1, 0.15) is 29.4 Å². The van der Waals surface area contributed by atoms with E-state index in [-0.39, 0.29) is 11.2 Å². The van der Waals surface area contributed by atoms with Crippen molar-refractivity contribution in [1.29, 1.82) is 0 Å². The number of carbonyl (C=O) groups is 1. The number of amides is 1. The second kappa shape index (κ2) is 6.24. The lowest BCUT2D eigenvalue weighted by atomic mass is 10.1. The molecule has 6 nitrogen and oxygen atoms in total. The molecule has 3 rings (SSSR count). The van der Waals surface area contributed by atoms with Crippen molar-refractivity contribution >= 4 is 23.3 Å². The van der Waals surface area contributed by atoms with Crippen LogP contribution in [-0.4, -0.2) is 33.5 Å². The molecule has 0 bridgehead atoms. The van der Waals surface area contributed by atoms with Gasteiger partial charge in [0.1, 0.15) is 11.5 Å². The van der Waals surface area contributed by atoms with Gasteiger partial charge in [-0.1, -0.05) is 0 Å². The Kier molecular flexibility index (Phi) is 4.17. The predicted molar refractivity (Wildman–Crippen MR) is 80.6 cm³/mol. The average molecular weight is 306 g/mol. The summed E-state index contributed by atoms with van der Waals surface area (Å²) < 4.78 is 2.04. The normalized spacial score (nSPS) is 15.9. The first kappa shape index (κ1) is 14.0. The van der Waals surface area contributed by atoms with Gasteiger partial charge in [0.15, 0.2) is 0 Å². The number of aromatic nitrogens is 3. The van der Waals surface area contributed by atoms with Gasteiger partial charge in [-0.05, 0) is 55.7 Å². The molecule has 1 saturated heterocycles. The van der Waals surface area contributed by atoms with E-state index in [1.165, 1.54) is 6.20 Å². The van der Waals surface area contributed by atoms with Crippen LogP contribution in [0.15, 0.2) is 30.6 Å². The third-order valence-corrected chi connectivity index (χ3v) is 3.76. The number of halogens is 1. The molecule has 1 fully saturated rings. The fourth-order valence-electron chi connectivity index (χ4n) is 2.57. The van der Waals surface area contributed by atoms with Gasteiger partial charge < -0.3 is 15.2 Å². The molecular weight excluding hydrogens is 290 g/mol. The maximum Gasteiger partial charge on any atom is 0.273 e. The molecule has 2 N–H and O–H groups in total. The smallest absolute Gasteiger partial charge is 0.273 e. The Balaban J connectivity index is 1.77. The zero-order chi connectivity index (χ0) is 14.7. The van der Waals surface area contributed by atoms with E-state index in [1.54, 1.807) is 6.07 Å². The van der Waals surface area contributed by atoms with E-state index in [2.05, 4.69) is 20.6 Å². The van der Waals surface area contributed by atoms with E-state index < -0.39 is 0 Å². The van der Waals surface area contributed by atoms with Crippen molar-refractivity contribution in [1.82, 2.24) is 19.9 Å². The molecular formula is C14H16ClN5O. The summed E-state index contributed by atoms with van der Waals surface area (Å²) in [7, 11) is 0. The van der Waals surface area contributed by atoms with Crippen molar-refractivity contribution < 1.29 is 4.79 Å². The molecule has 0 aliphatic carbocycles. The van der Waals surface area contributed by atoms with Crippen LogP contribution in [0, 0.1) is 0 Å². The van der Waals surface area contributed by atoms with Crippen LogP contribution in [0.5, 0.6) is 0 Å². The molecule has 110 valence electrons. The van der Waals surface area contributed by atoms with E-state index in [0.29, 0.717) is 17.6 Å². The molecule has 0 saturated carbocycles. The first-order valence-electron chi connectivity index (χ1n) is 6.91. The second-order valence-corrected chi connectivity index (χ2v) is 5.28. The Morgan fingerprint density at radius 1 is 1.38 bits per heavy atom. The molecule has 0 spiro atoms. The first-order chi connectivity index (χ1) is 10.2. The first-order valence-corrected chi connectivity index (χ1v) is 7.29. The van der Waals surface area contributed by atoms with Crippen LogP contribution >= 0.6 is 11.6 Å². The summed E-state index contributed by atoms with van der Waals surface area (Å²) in [5.41, 5.74) is 0.636. The fourth-order valence-corrected chi connectivity index (χ4v) is 2.72. The van der Waals surface area contributed by atoms with E-state index in [4.69, 9.17) is 11.6 Å². The minimum atomic E-state index is -0.187. The molecule has 0 aromatic carbocycles. The van der Waals surface area contributed by atoms with Crippen molar-refractivity contribution in [3.8, 4) is 0 Å². The monoisotopic (exact) mass is 305 g/mol. The minimum absolute atomic E-state index is 0.113. The highest BCUT2D eigenvalue weighted by Crippen LogP contribution is 2.21. The molecule has 2 aromatic rings. The highest BCUT2D eigenvalue weighted by Gasteiger charge is 2.20. The minimum Gasteiger partial charge on any atom is -0.340 e. The van der Waals surface area contributed by atoms with E-state index in [0.717, 1.165) is 25.9 Å². The summed E-state index contributed by atoms with van der Waals surface area (Å²) in [6.07, 6.45) is 5.51. The standard InChI is InChI=1S/C14H16ClN5O/c15-14-17-8-5-12(19-14)18-13(21)11-2-1-9-20(11)10-3-6-16-7-4-10/h1-2,5,8-10,16H,3-4,6-7H2,(H,17,18,19,21). The number of piperidine rings is 1. The number of hydrogen-bond acceptors (Lipinski definition) is 4. The summed E-state index contributed by atoms with van der Waals surface area (Å²) in [6, 6.07) is 5.68. The lowest BCUT2D eigenvalue weighted by Gasteiger charge is -2.25. The van der Waals surface area contributed by atoms with Gasteiger partial charge >= 0.3 is 0 Å². The van der Waals surface area contributed by atoms with Crippen LogP contribution in [0.3, 0.4) is 0 Å².